The lowest BCUT2D eigenvalue weighted by Crippen LogP contribution is -2.22. The van der Waals surface area contributed by atoms with Gasteiger partial charge < -0.3 is 14.7 Å². The molecule has 2 heterocycles. The average Bonchev–Trinajstić information content (AvgIpc) is 2.96. The Morgan fingerprint density at radius 2 is 1.96 bits per heavy atom. The van der Waals surface area contributed by atoms with Crippen molar-refractivity contribution in [2.45, 2.75) is 39.3 Å². The number of halogens is 3. The summed E-state index contributed by atoms with van der Waals surface area (Å²) in [4.78, 5) is 26.1. The van der Waals surface area contributed by atoms with Gasteiger partial charge in [0.2, 0.25) is 5.91 Å². The molecule has 0 saturated carbocycles. The zero-order valence-electron chi connectivity index (χ0n) is 15.5. The number of alkyl halides is 3. The Morgan fingerprint density at radius 3 is 2.61 bits per heavy atom. The third kappa shape index (κ3) is 3.95. The number of H-pyrrole nitrogens is 1. The van der Waals surface area contributed by atoms with Crippen molar-refractivity contribution < 1.29 is 22.4 Å². The molecule has 28 heavy (non-hydrogen) atoms. The number of carbonyl (C=O) groups excluding carboxylic acids is 1. The van der Waals surface area contributed by atoms with E-state index < -0.39 is 28.9 Å². The predicted molar refractivity (Wildman–Crippen MR) is 99.4 cm³/mol. The third-order valence-corrected chi connectivity index (χ3v) is 4.52. The van der Waals surface area contributed by atoms with Crippen molar-refractivity contribution in [2.75, 3.05) is 5.32 Å². The lowest BCUT2D eigenvalue weighted by Gasteiger charge is -2.10. The van der Waals surface area contributed by atoms with Gasteiger partial charge in [-0.1, -0.05) is 13.8 Å². The van der Waals surface area contributed by atoms with Crippen LogP contribution in [0.15, 0.2) is 39.9 Å². The number of anilines is 1. The average molecular weight is 392 g/mol. The largest absolute Gasteiger partial charge is 0.464 e. The first-order valence-corrected chi connectivity index (χ1v) is 8.66. The second kappa shape index (κ2) is 7.18. The number of hydrogen-bond acceptors (Lipinski definition) is 3. The number of rotatable bonds is 4. The molecular formula is C20H19F3N2O3. The predicted octanol–water partition coefficient (Wildman–Crippen LogP) is 4.75. The summed E-state index contributed by atoms with van der Waals surface area (Å²) in [6, 6.07) is 4.46. The van der Waals surface area contributed by atoms with E-state index in [1.54, 1.807) is 0 Å². The van der Waals surface area contributed by atoms with Crippen LogP contribution in [0.5, 0.6) is 0 Å². The Morgan fingerprint density at radius 1 is 1.25 bits per heavy atom. The minimum atomic E-state index is -4.63. The zero-order chi connectivity index (χ0) is 20.6. The van der Waals surface area contributed by atoms with Crippen LogP contribution in [0.2, 0.25) is 0 Å². The number of hydrogen-bond donors (Lipinski definition) is 2. The molecule has 0 aliphatic rings. The fourth-order valence-electron chi connectivity index (χ4n) is 3.11. The highest BCUT2D eigenvalue weighted by molar-refractivity contribution is 5.95. The number of fused-ring (bicyclic) bond motifs is 1. The molecule has 0 radical (unpaired) electrons. The molecule has 0 bridgehead atoms. The van der Waals surface area contributed by atoms with Crippen molar-refractivity contribution in [3.8, 4) is 0 Å². The summed E-state index contributed by atoms with van der Waals surface area (Å²) in [5.74, 6) is -0.330. The number of carbonyl (C=O) groups is 1. The van der Waals surface area contributed by atoms with E-state index in [0.717, 1.165) is 16.5 Å². The van der Waals surface area contributed by atoms with Crippen LogP contribution in [-0.2, 0) is 17.4 Å². The lowest BCUT2D eigenvalue weighted by atomic mass is 9.95. The maximum absolute atomic E-state index is 12.8. The van der Waals surface area contributed by atoms with Crippen LogP contribution in [0.1, 0.15) is 42.0 Å². The first-order valence-electron chi connectivity index (χ1n) is 8.66. The van der Waals surface area contributed by atoms with Gasteiger partial charge in [-0.15, -0.1) is 0 Å². The van der Waals surface area contributed by atoms with Gasteiger partial charge >= 0.3 is 6.18 Å². The molecule has 5 nitrogen and oxygen atoms in total. The molecule has 148 valence electrons. The van der Waals surface area contributed by atoms with Gasteiger partial charge in [0, 0.05) is 17.1 Å². The van der Waals surface area contributed by atoms with Crippen LogP contribution >= 0.6 is 0 Å². The van der Waals surface area contributed by atoms with Crippen LogP contribution in [0.25, 0.3) is 11.0 Å². The summed E-state index contributed by atoms with van der Waals surface area (Å²) in [6.07, 6.45) is -2.75. The van der Waals surface area contributed by atoms with E-state index in [1.807, 2.05) is 24.0 Å². The second-order valence-electron chi connectivity index (χ2n) is 6.97. The molecule has 0 spiro atoms. The van der Waals surface area contributed by atoms with Crippen molar-refractivity contribution in [2.24, 2.45) is 0 Å². The molecule has 0 unspecified atom stereocenters. The Kier molecular flexibility index (Phi) is 5.06. The lowest BCUT2D eigenvalue weighted by molar-refractivity contribution is -0.137. The smallest absolute Gasteiger partial charge is 0.417 e. The van der Waals surface area contributed by atoms with E-state index in [-0.39, 0.29) is 12.3 Å². The van der Waals surface area contributed by atoms with Crippen LogP contribution in [0.3, 0.4) is 0 Å². The van der Waals surface area contributed by atoms with Crippen molar-refractivity contribution in [3.05, 3.63) is 63.3 Å². The van der Waals surface area contributed by atoms with Crippen LogP contribution in [0.4, 0.5) is 18.9 Å². The topological polar surface area (TPSA) is 75.1 Å². The number of benzene rings is 1. The fourth-order valence-corrected chi connectivity index (χ4v) is 3.11. The number of aromatic nitrogens is 1. The molecule has 1 amide bonds. The standard InChI is InChI=1S/C20H19F3N2O3/c1-10(2)14-7-15-12(9-28-17(15)4-11(14)3)5-18(26)25-16-6-13(20(21,22)23)8-24-19(16)27/h4,6-10H,5H2,1-3H3,(H,24,27)(H,25,26). The summed E-state index contributed by atoms with van der Waals surface area (Å²) in [7, 11) is 0. The minimum Gasteiger partial charge on any atom is -0.464 e. The number of pyridine rings is 1. The quantitative estimate of drug-likeness (QED) is 0.673. The first-order chi connectivity index (χ1) is 13.1. The molecule has 2 N–H and O–H groups in total. The van der Waals surface area contributed by atoms with Crippen LogP contribution in [-0.4, -0.2) is 10.9 Å². The summed E-state index contributed by atoms with van der Waals surface area (Å²) in [5.41, 5.74) is 1.10. The number of furan rings is 1. The monoisotopic (exact) mass is 392 g/mol. The Bertz CT molecular complexity index is 1090. The van der Waals surface area contributed by atoms with Crippen molar-refractivity contribution in [1.29, 1.82) is 0 Å². The molecule has 2 aromatic heterocycles. The van der Waals surface area contributed by atoms with Gasteiger partial charge in [-0.3, -0.25) is 9.59 Å². The Hall–Kier alpha value is -3.03. The first kappa shape index (κ1) is 19.7. The van der Waals surface area contributed by atoms with Crippen LogP contribution < -0.4 is 10.9 Å². The maximum atomic E-state index is 12.8. The van der Waals surface area contributed by atoms with Crippen molar-refractivity contribution in [3.63, 3.8) is 0 Å². The van der Waals surface area contributed by atoms with Gasteiger partial charge in [0.05, 0.1) is 18.2 Å². The molecule has 0 aliphatic heterocycles. The highest BCUT2D eigenvalue weighted by Gasteiger charge is 2.31. The van der Waals surface area contributed by atoms with E-state index >= 15 is 0 Å². The van der Waals surface area contributed by atoms with Gasteiger partial charge in [-0.25, -0.2) is 0 Å². The second-order valence-corrected chi connectivity index (χ2v) is 6.97. The normalized spacial score (nSPS) is 12.0. The molecule has 0 atom stereocenters. The summed E-state index contributed by atoms with van der Waals surface area (Å²) in [5, 5.41) is 3.02. The molecule has 0 fully saturated rings. The maximum Gasteiger partial charge on any atom is 0.417 e. The van der Waals surface area contributed by atoms with Gasteiger partial charge in [-0.05, 0) is 42.2 Å². The Balaban J connectivity index is 1.86. The van der Waals surface area contributed by atoms with Gasteiger partial charge in [-0.2, -0.15) is 13.2 Å². The molecule has 3 aromatic rings. The molecular weight excluding hydrogens is 373 g/mol. The highest BCUT2D eigenvalue weighted by atomic mass is 19.4. The Labute approximate surface area is 158 Å². The molecule has 1 aromatic carbocycles. The summed E-state index contributed by atoms with van der Waals surface area (Å²) < 4.78 is 43.9. The summed E-state index contributed by atoms with van der Waals surface area (Å²) >= 11 is 0. The van der Waals surface area contributed by atoms with E-state index in [0.29, 0.717) is 23.4 Å². The third-order valence-electron chi connectivity index (χ3n) is 4.52. The van der Waals surface area contributed by atoms with Gasteiger partial charge in [0.25, 0.3) is 5.56 Å². The van der Waals surface area contributed by atoms with E-state index in [1.165, 1.54) is 6.26 Å². The summed E-state index contributed by atoms with van der Waals surface area (Å²) in [6.45, 7) is 6.09. The van der Waals surface area contributed by atoms with E-state index in [2.05, 4.69) is 19.2 Å². The number of aromatic amines is 1. The van der Waals surface area contributed by atoms with Crippen molar-refractivity contribution in [1.82, 2.24) is 4.98 Å². The molecule has 0 saturated heterocycles. The van der Waals surface area contributed by atoms with Crippen molar-refractivity contribution >= 4 is 22.6 Å². The molecule has 3 rings (SSSR count). The van der Waals surface area contributed by atoms with Crippen LogP contribution in [0, 0.1) is 6.92 Å². The number of nitrogens with one attached hydrogen (secondary N) is 2. The number of amides is 1. The van der Waals surface area contributed by atoms with E-state index in [9.17, 15) is 22.8 Å². The van der Waals surface area contributed by atoms with Gasteiger partial charge in [0.1, 0.15) is 11.3 Å². The highest BCUT2D eigenvalue weighted by Crippen LogP contribution is 2.30. The fraction of sp³-hybridized carbons (Fsp3) is 0.300. The van der Waals surface area contributed by atoms with Gasteiger partial charge in [0.15, 0.2) is 0 Å². The molecule has 0 aliphatic carbocycles. The number of aryl methyl sites for hydroxylation is 1. The van der Waals surface area contributed by atoms with E-state index in [4.69, 9.17) is 4.42 Å². The SMILES string of the molecule is Cc1cc2occ(CC(=O)Nc3cc(C(F)(F)F)c[nH]c3=O)c2cc1C(C)C. The zero-order valence-corrected chi connectivity index (χ0v) is 15.5. The molecule has 8 heteroatoms. The minimum absolute atomic E-state index is 0.136.